The van der Waals surface area contributed by atoms with Gasteiger partial charge in [-0.15, -0.1) is 11.3 Å². The second-order valence-electron chi connectivity index (χ2n) is 6.74. The minimum Gasteiger partial charge on any atom is -0.422 e. The van der Waals surface area contributed by atoms with Gasteiger partial charge in [0.05, 0.1) is 17.8 Å². The zero-order valence-corrected chi connectivity index (χ0v) is 16.8. The van der Waals surface area contributed by atoms with Crippen molar-refractivity contribution in [3.05, 3.63) is 75.5 Å². The summed E-state index contributed by atoms with van der Waals surface area (Å²) in [6.07, 6.45) is 0. The first-order valence-electron chi connectivity index (χ1n) is 9.09. The largest absolute Gasteiger partial charge is 0.422 e. The molecule has 2 heterocycles. The molecule has 0 aliphatic heterocycles. The Kier molecular flexibility index (Phi) is 5.14. The maximum Gasteiger partial charge on any atom is 0.345 e. The monoisotopic (exact) mass is 405 g/mol. The standard InChI is InChI=1S/C22H19N3O3S/c1-13-7-8-17(14(2)9-13)23-11-20(26)25-22-24-18(12-29-22)16-10-15-5-3-4-6-19(15)28-21(16)27/h3-10,12,23H,11H2,1-2H3,(H,24,25,26). The molecule has 29 heavy (non-hydrogen) atoms. The molecular formula is C22H19N3O3S. The average molecular weight is 405 g/mol. The molecule has 0 saturated heterocycles. The van der Waals surface area contributed by atoms with Crippen LogP contribution >= 0.6 is 11.3 Å². The molecule has 1 amide bonds. The Morgan fingerprint density at radius 1 is 1.14 bits per heavy atom. The number of hydrogen-bond acceptors (Lipinski definition) is 6. The van der Waals surface area contributed by atoms with Gasteiger partial charge in [-0.25, -0.2) is 9.78 Å². The topological polar surface area (TPSA) is 84.2 Å². The van der Waals surface area contributed by atoms with E-state index in [9.17, 15) is 9.59 Å². The van der Waals surface area contributed by atoms with Crippen molar-refractivity contribution >= 4 is 39.0 Å². The van der Waals surface area contributed by atoms with Gasteiger partial charge in [0.15, 0.2) is 5.13 Å². The first kappa shape index (κ1) is 18.9. The first-order valence-corrected chi connectivity index (χ1v) is 9.97. The number of nitrogens with zero attached hydrogens (tertiary/aromatic N) is 1. The van der Waals surface area contributed by atoms with E-state index in [0.29, 0.717) is 22.0 Å². The fourth-order valence-corrected chi connectivity index (χ4v) is 3.77. The number of fused-ring (bicyclic) bond motifs is 1. The molecule has 4 aromatic rings. The number of para-hydroxylation sites is 1. The Bertz CT molecular complexity index is 1260. The minimum atomic E-state index is -0.455. The summed E-state index contributed by atoms with van der Waals surface area (Å²) in [5, 5.41) is 8.87. The van der Waals surface area contributed by atoms with Crippen molar-refractivity contribution in [2.45, 2.75) is 13.8 Å². The van der Waals surface area contributed by atoms with Crippen LogP contribution in [0.3, 0.4) is 0 Å². The fourth-order valence-electron chi connectivity index (χ4n) is 3.05. The highest BCUT2D eigenvalue weighted by Gasteiger charge is 2.13. The van der Waals surface area contributed by atoms with Crippen molar-refractivity contribution in [1.29, 1.82) is 0 Å². The van der Waals surface area contributed by atoms with Gasteiger partial charge < -0.3 is 15.1 Å². The summed E-state index contributed by atoms with van der Waals surface area (Å²) in [6, 6.07) is 15.1. The molecule has 0 atom stereocenters. The van der Waals surface area contributed by atoms with E-state index in [1.165, 1.54) is 16.9 Å². The van der Waals surface area contributed by atoms with Crippen molar-refractivity contribution in [1.82, 2.24) is 4.98 Å². The van der Waals surface area contributed by atoms with Crippen LogP contribution in [-0.2, 0) is 4.79 Å². The molecule has 7 heteroatoms. The summed E-state index contributed by atoms with van der Waals surface area (Å²) in [5.74, 6) is -0.212. The third-order valence-electron chi connectivity index (χ3n) is 4.49. The van der Waals surface area contributed by atoms with Gasteiger partial charge in [0, 0.05) is 16.5 Å². The third kappa shape index (κ3) is 4.20. The highest BCUT2D eigenvalue weighted by atomic mass is 32.1. The predicted octanol–water partition coefficient (Wildman–Crippen LogP) is 4.58. The summed E-state index contributed by atoms with van der Waals surface area (Å²) in [5.41, 5.74) is 4.09. The summed E-state index contributed by atoms with van der Waals surface area (Å²) in [6.45, 7) is 4.14. The number of anilines is 2. The number of aryl methyl sites for hydroxylation is 2. The van der Waals surface area contributed by atoms with Gasteiger partial charge in [-0.2, -0.15) is 0 Å². The number of amides is 1. The van der Waals surface area contributed by atoms with Crippen LogP contribution in [0.25, 0.3) is 22.2 Å². The van der Waals surface area contributed by atoms with Crippen molar-refractivity contribution in [3.63, 3.8) is 0 Å². The Hall–Kier alpha value is -3.45. The lowest BCUT2D eigenvalue weighted by atomic mass is 10.1. The van der Waals surface area contributed by atoms with Gasteiger partial charge in [-0.1, -0.05) is 35.9 Å². The molecule has 4 rings (SSSR count). The van der Waals surface area contributed by atoms with Gasteiger partial charge in [-0.05, 0) is 37.6 Å². The quantitative estimate of drug-likeness (QED) is 0.475. The normalized spacial score (nSPS) is 10.8. The number of nitrogens with one attached hydrogen (secondary N) is 2. The van der Waals surface area contributed by atoms with Crippen molar-refractivity contribution < 1.29 is 9.21 Å². The van der Waals surface area contributed by atoms with Crippen LogP contribution in [0, 0.1) is 13.8 Å². The summed E-state index contributed by atoms with van der Waals surface area (Å²) >= 11 is 1.26. The molecular weight excluding hydrogens is 386 g/mol. The maximum atomic E-state index is 12.3. The van der Waals surface area contributed by atoms with E-state index in [1.54, 1.807) is 17.5 Å². The van der Waals surface area contributed by atoms with E-state index < -0.39 is 5.63 Å². The molecule has 0 aliphatic carbocycles. The lowest BCUT2D eigenvalue weighted by molar-refractivity contribution is -0.114. The number of aromatic nitrogens is 1. The molecule has 0 saturated carbocycles. The Balaban J connectivity index is 1.46. The molecule has 0 aliphatic rings. The second kappa shape index (κ2) is 7.89. The third-order valence-corrected chi connectivity index (χ3v) is 5.25. The smallest absolute Gasteiger partial charge is 0.345 e. The van der Waals surface area contributed by atoms with E-state index in [4.69, 9.17) is 4.42 Å². The summed E-state index contributed by atoms with van der Waals surface area (Å²) in [4.78, 5) is 28.9. The van der Waals surface area contributed by atoms with E-state index in [0.717, 1.165) is 16.6 Å². The SMILES string of the molecule is Cc1ccc(NCC(=O)Nc2nc(-c3cc4ccccc4oc3=O)cs2)c(C)c1. The van der Waals surface area contributed by atoms with Crippen molar-refractivity contribution in [2.75, 3.05) is 17.2 Å². The van der Waals surface area contributed by atoms with Crippen LogP contribution in [0.2, 0.25) is 0 Å². The van der Waals surface area contributed by atoms with Crippen LogP contribution in [-0.4, -0.2) is 17.4 Å². The zero-order chi connectivity index (χ0) is 20.4. The van der Waals surface area contributed by atoms with E-state index >= 15 is 0 Å². The number of benzene rings is 2. The summed E-state index contributed by atoms with van der Waals surface area (Å²) in [7, 11) is 0. The van der Waals surface area contributed by atoms with Crippen LogP contribution in [0.5, 0.6) is 0 Å². The molecule has 0 fully saturated rings. The number of carbonyl (C=O) groups excluding carboxylic acids is 1. The van der Waals surface area contributed by atoms with Crippen molar-refractivity contribution in [3.8, 4) is 11.3 Å². The number of hydrogen-bond donors (Lipinski definition) is 2. The van der Waals surface area contributed by atoms with Crippen LogP contribution in [0.1, 0.15) is 11.1 Å². The van der Waals surface area contributed by atoms with Gasteiger partial charge >= 0.3 is 5.63 Å². The predicted molar refractivity (Wildman–Crippen MR) is 117 cm³/mol. The van der Waals surface area contributed by atoms with Gasteiger partial charge in [0.2, 0.25) is 5.91 Å². The highest BCUT2D eigenvalue weighted by molar-refractivity contribution is 7.14. The molecule has 6 nitrogen and oxygen atoms in total. The zero-order valence-electron chi connectivity index (χ0n) is 16.0. The van der Waals surface area contributed by atoms with Crippen molar-refractivity contribution in [2.24, 2.45) is 0 Å². The lowest BCUT2D eigenvalue weighted by Crippen LogP contribution is -2.22. The van der Waals surface area contributed by atoms with Gasteiger partial charge in [-0.3, -0.25) is 4.79 Å². The second-order valence-corrected chi connectivity index (χ2v) is 7.60. The Morgan fingerprint density at radius 3 is 2.79 bits per heavy atom. The van der Waals surface area contributed by atoms with Crippen LogP contribution < -0.4 is 16.3 Å². The lowest BCUT2D eigenvalue weighted by Gasteiger charge is -2.09. The molecule has 0 radical (unpaired) electrons. The number of rotatable bonds is 5. The van der Waals surface area contributed by atoms with Gasteiger partial charge in [0.1, 0.15) is 5.58 Å². The number of thiazole rings is 1. The molecule has 146 valence electrons. The fraction of sp³-hybridized carbons (Fsp3) is 0.136. The van der Waals surface area contributed by atoms with E-state index in [1.807, 2.05) is 44.2 Å². The minimum absolute atomic E-state index is 0.122. The van der Waals surface area contributed by atoms with E-state index in [-0.39, 0.29) is 12.5 Å². The Morgan fingerprint density at radius 2 is 1.97 bits per heavy atom. The molecule has 0 spiro atoms. The maximum absolute atomic E-state index is 12.3. The molecule has 0 unspecified atom stereocenters. The number of carbonyl (C=O) groups is 1. The van der Waals surface area contributed by atoms with E-state index in [2.05, 4.69) is 21.7 Å². The van der Waals surface area contributed by atoms with Crippen LogP contribution in [0.4, 0.5) is 10.8 Å². The summed E-state index contributed by atoms with van der Waals surface area (Å²) < 4.78 is 5.36. The molecule has 2 aromatic heterocycles. The molecule has 0 bridgehead atoms. The molecule has 2 N–H and O–H groups in total. The highest BCUT2D eigenvalue weighted by Crippen LogP contribution is 2.25. The van der Waals surface area contributed by atoms with Crippen LogP contribution in [0.15, 0.2) is 63.1 Å². The average Bonchev–Trinajstić information content (AvgIpc) is 3.15. The first-order chi connectivity index (χ1) is 14.0. The van der Waals surface area contributed by atoms with Gasteiger partial charge in [0.25, 0.3) is 0 Å². The Labute approximate surface area is 171 Å². The molecule has 2 aromatic carbocycles.